The van der Waals surface area contributed by atoms with Crippen LogP contribution in [0.2, 0.25) is 0 Å². The molecule has 0 amide bonds. The maximum absolute atomic E-state index is 5.99. The SMILES string of the molecule is CCCOc1ccccc1-c1cc2c(cc1CN1CCC(C)=N1)OCO2. The van der Waals surface area contributed by atoms with E-state index in [2.05, 4.69) is 42.2 Å². The van der Waals surface area contributed by atoms with Gasteiger partial charge in [-0.1, -0.05) is 25.1 Å². The topological polar surface area (TPSA) is 43.3 Å². The van der Waals surface area contributed by atoms with Gasteiger partial charge in [-0.05, 0) is 42.7 Å². The molecule has 2 aliphatic heterocycles. The molecule has 2 aromatic carbocycles. The Labute approximate surface area is 154 Å². The number of rotatable bonds is 6. The number of para-hydroxylation sites is 1. The fraction of sp³-hybridized carbons (Fsp3) is 0.381. The van der Waals surface area contributed by atoms with Gasteiger partial charge < -0.3 is 14.2 Å². The van der Waals surface area contributed by atoms with Crippen molar-refractivity contribution in [1.29, 1.82) is 0 Å². The Morgan fingerprint density at radius 1 is 1.12 bits per heavy atom. The number of hydrazone groups is 1. The zero-order chi connectivity index (χ0) is 17.9. The first-order valence-corrected chi connectivity index (χ1v) is 9.18. The van der Waals surface area contributed by atoms with E-state index in [1.165, 1.54) is 11.3 Å². The van der Waals surface area contributed by atoms with Crippen LogP contribution in [0.4, 0.5) is 0 Å². The zero-order valence-corrected chi connectivity index (χ0v) is 15.3. The number of nitrogens with zero attached hydrogens (tertiary/aromatic N) is 2. The molecule has 0 spiro atoms. The van der Waals surface area contributed by atoms with Crippen molar-refractivity contribution in [2.75, 3.05) is 19.9 Å². The third-order valence-electron chi connectivity index (χ3n) is 4.63. The highest BCUT2D eigenvalue weighted by Crippen LogP contribution is 2.42. The summed E-state index contributed by atoms with van der Waals surface area (Å²) in [5.74, 6) is 2.49. The maximum atomic E-state index is 5.99. The van der Waals surface area contributed by atoms with Crippen LogP contribution < -0.4 is 14.2 Å². The summed E-state index contributed by atoms with van der Waals surface area (Å²) in [5.41, 5.74) is 4.54. The molecule has 26 heavy (non-hydrogen) atoms. The van der Waals surface area contributed by atoms with E-state index in [4.69, 9.17) is 14.2 Å². The van der Waals surface area contributed by atoms with Gasteiger partial charge in [0, 0.05) is 24.2 Å². The van der Waals surface area contributed by atoms with Crippen LogP contribution >= 0.6 is 0 Å². The summed E-state index contributed by atoms with van der Waals surface area (Å²) in [6.45, 7) is 6.86. The smallest absolute Gasteiger partial charge is 0.231 e. The first kappa shape index (κ1) is 16.8. The van der Waals surface area contributed by atoms with Crippen LogP contribution in [0.3, 0.4) is 0 Å². The molecule has 0 saturated carbocycles. The third-order valence-corrected chi connectivity index (χ3v) is 4.63. The summed E-state index contributed by atoms with van der Waals surface area (Å²) in [6, 6.07) is 12.3. The van der Waals surface area contributed by atoms with Crippen molar-refractivity contribution >= 4 is 5.71 Å². The Bertz CT molecular complexity index is 832. The second-order valence-corrected chi connectivity index (χ2v) is 6.68. The van der Waals surface area contributed by atoms with E-state index in [0.717, 1.165) is 54.3 Å². The van der Waals surface area contributed by atoms with Gasteiger partial charge in [0.1, 0.15) is 5.75 Å². The molecular formula is C21H24N2O3. The quantitative estimate of drug-likeness (QED) is 0.770. The van der Waals surface area contributed by atoms with Crippen molar-refractivity contribution in [1.82, 2.24) is 5.01 Å². The molecule has 2 heterocycles. The van der Waals surface area contributed by atoms with Gasteiger partial charge in [-0.15, -0.1) is 0 Å². The van der Waals surface area contributed by atoms with E-state index in [9.17, 15) is 0 Å². The predicted molar refractivity (Wildman–Crippen MR) is 102 cm³/mol. The second kappa shape index (κ2) is 7.28. The summed E-state index contributed by atoms with van der Waals surface area (Å²) < 4.78 is 17.2. The maximum Gasteiger partial charge on any atom is 0.231 e. The molecule has 136 valence electrons. The minimum Gasteiger partial charge on any atom is -0.493 e. The number of fused-ring (bicyclic) bond motifs is 1. The Balaban J connectivity index is 1.75. The molecule has 2 aromatic rings. The van der Waals surface area contributed by atoms with Crippen molar-refractivity contribution in [3.8, 4) is 28.4 Å². The summed E-state index contributed by atoms with van der Waals surface area (Å²) in [5, 5.41) is 6.75. The summed E-state index contributed by atoms with van der Waals surface area (Å²) >= 11 is 0. The average molecular weight is 352 g/mol. The lowest BCUT2D eigenvalue weighted by molar-refractivity contribution is 0.174. The zero-order valence-electron chi connectivity index (χ0n) is 15.3. The molecular weight excluding hydrogens is 328 g/mol. The van der Waals surface area contributed by atoms with Crippen molar-refractivity contribution in [3.05, 3.63) is 42.0 Å². The van der Waals surface area contributed by atoms with Gasteiger partial charge in [-0.3, -0.25) is 5.01 Å². The first-order valence-electron chi connectivity index (χ1n) is 9.18. The minimum atomic E-state index is 0.271. The monoisotopic (exact) mass is 352 g/mol. The van der Waals surface area contributed by atoms with Crippen LogP contribution in [0, 0.1) is 0 Å². The van der Waals surface area contributed by atoms with E-state index in [0.29, 0.717) is 6.61 Å². The highest BCUT2D eigenvalue weighted by Gasteiger charge is 2.22. The first-order chi connectivity index (χ1) is 12.7. The molecule has 0 aliphatic carbocycles. The molecule has 0 bridgehead atoms. The number of hydrogen-bond donors (Lipinski definition) is 0. The summed E-state index contributed by atoms with van der Waals surface area (Å²) in [7, 11) is 0. The molecule has 0 radical (unpaired) electrons. The van der Waals surface area contributed by atoms with Crippen molar-refractivity contribution in [2.24, 2.45) is 5.10 Å². The molecule has 0 N–H and O–H groups in total. The Kier molecular flexibility index (Phi) is 4.69. The van der Waals surface area contributed by atoms with Crippen LogP contribution in [0.5, 0.6) is 17.2 Å². The molecule has 0 atom stereocenters. The van der Waals surface area contributed by atoms with Crippen LogP contribution in [0.25, 0.3) is 11.1 Å². The lowest BCUT2D eigenvalue weighted by Gasteiger charge is -2.19. The van der Waals surface area contributed by atoms with E-state index in [1.807, 2.05) is 18.2 Å². The normalized spacial score (nSPS) is 15.3. The van der Waals surface area contributed by atoms with Gasteiger partial charge in [-0.25, -0.2) is 0 Å². The van der Waals surface area contributed by atoms with E-state index >= 15 is 0 Å². The molecule has 2 aliphatic rings. The predicted octanol–water partition coefficient (Wildman–Crippen LogP) is 4.45. The van der Waals surface area contributed by atoms with Crippen LogP contribution in [0.1, 0.15) is 32.3 Å². The van der Waals surface area contributed by atoms with Gasteiger partial charge in [0.25, 0.3) is 0 Å². The molecule has 0 fully saturated rings. The fourth-order valence-corrected chi connectivity index (χ4v) is 3.34. The van der Waals surface area contributed by atoms with Crippen molar-refractivity contribution in [3.63, 3.8) is 0 Å². The highest BCUT2D eigenvalue weighted by molar-refractivity contribution is 5.83. The number of hydrogen-bond acceptors (Lipinski definition) is 5. The molecule has 0 saturated heterocycles. The average Bonchev–Trinajstić information content (AvgIpc) is 3.28. The van der Waals surface area contributed by atoms with Gasteiger partial charge in [-0.2, -0.15) is 5.10 Å². The number of ether oxygens (including phenoxy) is 3. The van der Waals surface area contributed by atoms with Crippen LogP contribution in [0.15, 0.2) is 41.5 Å². The van der Waals surface area contributed by atoms with Gasteiger partial charge in [0.05, 0.1) is 13.2 Å². The Hall–Kier alpha value is -2.69. The van der Waals surface area contributed by atoms with E-state index < -0.39 is 0 Å². The van der Waals surface area contributed by atoms with Gasteiger partial charge >= 0.3 is 0 Å². The molecule has 4 rings (SSSR count). The Morgan fingerprint density at radius 2 is 1.92 bits per heavy atom. The molecule has 0 unspecified atom stereocenters. The van der Waals surface area contributed by atoms with Crippen LogP contribution in [-0.2, 0) is 6.54 Å². The summed E-state index contributed by atoms with van der Waals surface area (Å²) in [6.07, 6.45) is 2.00. The van der Waals surface area contributed by atoms with Crippen LogP contribution in [-0.4, -0.2) is 30.7 Å². The van der Waals surface area contributed by atoms with Gasteiger partial charge in [0.2, 0.25) is 6.79 Å². The van der Waals surface area contributed by atoms with E-state index in [1.54, 1.807) is 0 Å². The lowest BCUT2D eigenvalue weighted by Crippen LogP contribution is -2.14. The molecule has 0 aromatic heterocycles. The van der Waals surface area contributed by atoms with Crippen molar-refractivity contribution < 1.29 is 14.2 Å². The minimum absolute atomic E-state index is 0.271. The largest absolute Gasteiger partial charge is 0.493 e. The molecule has 5 nitrogen and oxygen atoms in total. The van der Waals surface area contributed by atoms with Gasteiger partial charge in [0.15, 0.2) is 11.5 Å². The Morgan fingerprint density at radius 3 is 2.69 bits per heavy atom. The summed E-state index contributed by atoms with van der Waals surface area (Å²) in [4.78, 5) is 0. The van der Waals surface area contributed by atoms with Crippen molar-refractivity contribution in [2.45, 2.75) is 33.2 Å². The standard InChI is InChI=1S/C21H24N2O3/c1-3-10-24-19-7-5-4-6-17(19)18-12-21-20(25-14-26-21)11-16(18)13-23-9-8-15(2)22-23/h4-7,11-12H,3,8-10,13-14H2,1-2H3. The highest BCUT2D eigenvalue weighted by atomic mass is 16.7. The van der Waals surface area contributed by atoms with E-state index in [-0.39, 0.29) is 6.79 Å². The lowest BCUT2D eigenvalue weighted by atomic mass is 9.97. The number of benzene rings is 2. The fourth-order valence-electron chi connectivity index (χ4n) is 3.34. The second-order valence-electron chi connectivity index (χ2n) is 6.68. The molecule has 5 heteroatoms. The third kappa shape index (κ3) is 3.34.